The quantitative estimate of drug-likeness (QED) is 0.690. The van der Waals surface area contributed by atoms with Crippen molar-refractivity contribution in [3.8, 4) is 0 Å². The van der Waals surface area contributed by atoms with Gasteiger partial charge in [0.25, 0.3) is 0 Å². The molecule has 0 fully saturated rings. The van der Waals surface area contributed by atoms with Gasteiger partial charge in [-0.1, -0.05) is 23.7 Å². The summed E-state index contributed by atoms with van der Waals surface area (Å²) in [6, 6.07) is 11.5. The molecule has 1 aromatic heterocycles. The Kier molecular flexibility index (Phi) is 3.42. The number of nitrogens with one attached hydrogen (secondary N) is 1. The molecule has 2 aromatic carbocycles. The summed E-state index contributed by atoms with van der Waals surface area (Å²) in [5.41, 5.74) is 1.27. The number of anilines is 2. The SMILES string of the molecule is Fc1ccc(Nc2nc(Cl)nc3ccccc23)c(Cl)c1. The topological polar surface area (TPSA) is 37.8 Å². The van der Waals surface area contributed by atoms with Gasteiger partial charge in [-0.2, -0.15) is 4.98 Å². The van der Waals surface area contributed by atoms with Crippen molar-refractivity contribution in [3.63, 3.8) is 0 Å². The minimum absolute atomic E-state index is 0.129. The lowest BCUT2D eigenvalue weighted by molar-refractivity contribution is 0.628. The van der Waals surface area contributed by atoms with E-state index in [-0.39, 0.29) is 10.3 Å². The van der Waals surface area contributed by atoms with E-state index in [9.17, 15) is 4.39 Å². The van der Waals surface area contributed by atoms with E-state index in [0.29, 0.717) is 17.0 Å². The molecule has 0 aliphatic heterocycles. The Morgan fingerprint density at radius 2 is 1.80 bits per heavy atom. The summed E-state index contributed by atoms with van der Waals surface area (Å²) < 4.78 is 13.0. The van der Waals surface area contributed by atoms with Crippen LogP contribution in [0.25, 0.3) is 10.9 Å². The van der Waals surface area contributed by atoms with Crippen molar-refractivity contribution < 1.29 is 4.39 Å². The van der Waals surface area contributed by atoms with Crippen LogP contribution in [-0.2, 0) is 0 Å². The van der Waals surface area contributed by atoms with Gasteiger partial charge in [0.15, 0.2) is 0 Å². The molecule has 0 atom stereocenters. The molecule has 20 heavy (non-hydrogen) atoms. The predicted molar refractivity (Wildman–Crippen MR) is 79.2 cm³/mol. The van der Waals surface area contributed by atoms with Gasteiger partial charge in [0.1, 0.15) is 11.6 Å². The molecular formula is C14H8Cl2FN3. The Hall–Kier alpha value is -1.91. The minimum atomic E-state index is -0.397. The largest absolute Gasteiger partial charge is 0.338 e. The molecule has 3 rings (SSSR count). The van der Waals surface area contributed by atoms with Crippen molar-refractivity contribution in [3.05, 3.63) is 58.6 Å². The Bertz CT molecular complexity index is 792. The molecule has 0 saturated heterocycles. The molecule has 0 saturated carbocycles. The van der Waals surface area contributed by atoms with Gasteiger partial charge in [-0.05, 0) is 41.9 Å². The summed E-state index contributed by atoms with van der Waals surface area (Å²) in [5.74, 6) is 0.125. The molecule has 0 bridgehead atoms. The zero-order valence-corrected chi connectivity index (χ0v) is 11.6. The lowest BCUT2D eigenvalue weighted by Crippen LogP contribution is -1.98. The molecule has 3 nitrogen and oxygen atoms in total. The maximum absolute atomic E-state index is 13.0. The highest BCUT2D eigenvalue weighted by Crippen LogP contribution is 2.29. The van der Waals surface area contributed by atoms with Gasteiger partial charge in [-0.25, -0.2) is 9.37 Å². The first kappa shape index (κ1) is 13.1. The summed E-state index contributed by atoms with van der Waals surface area (Å²) in [6.45, 7) is 0. The lowest BCUT2D eigenvalue weighted by Gasteiger charge is -2.10. The molecule has 0 unspecified atom stereocenters. The Morgan fingerprint density at radius 3 is 2.60 bits per heavy atom. The number of para-hydroxylation sites is 1. The van der Waals surface area contributed by atoms with Gasteiger partial charge in [0, 0.05) is 5.39 Å². The van der Waals surface area contributed by atoms with Crippen LogP contribution >= 0.6 is 23.2 Å². The van der Waals surface area contributed by atoms with Crippen LogP contribution in [0, 0.1) is 5.82 Å². The Balaban J connectivity index is 2.10. The van der Waals surface area contributed by atoms with Gasteiger partial charge in [-0.15, -0.1) is 0 Å². The van der Waals surface area contributed by atoms with Gasteiger partial charge in [0.05, 0.1) is 16.2 Å². The van der Waals surface area contributed by atoms with Crippen LogP contribution in [0.15, 0.2) is 42.5 Å². The van der Waals surface area contributed by atoms with E-state index in [1.165, 1.54) is 12.1 Å². The van der Waals surface area contributed by atoms with Crippen LogP contribution in [0.2, 0.25) is 10.3 Å². The maximum atomic E-state index is 13.0. The molecule has 6 heteroatoms. The molecule has 0 spiro atoms. The number of fused-ring (bicyclic) bond motifs is 1. The zero-order valence-electron chi connectivity index (χ0n) is 10.1. The second kappa shape index (κ2) is 5.23. The van der Waals surface area contributed by atoms with Crippen molar-refractivity contribution in [1.82, 2.24) is 9.97 Å². The molecule has 100 valence electrons. The molecule has 0 aliphatic carbocycles. The second-order valence-electron chi connectivity index (χ2n) is 4.11. The third-order valence-corrected chi connectivity index (χ3v) is 3.24. The standard InChI is InChI=1S/C14H8Cl2FN3/c15-10-7-8(17)5-6-12(10)18-13-9-3-1-2-4-11(9)19-14(16)20-13/h1-7H,(H,18,19,20). The summed E-state index contributed by atoms with van der Waals surface area (Å²) in [6.07, 6.45) is 0. The monoisotopic (exact) mass is 307 g/mol. The zero-order chi connectivity index (χ0) is 14.1. The van der Waals surface area contributed by atoms with Crippen molar-refractivity contribution in [2.45, 2.75) is 0 Å². The van der Waals surface area contributed by atoms with Crippen molar-refractivity contribution in [2.24, 2.45) is 0 Å². The molecule has 0 radical (unpaired) electrons. The maximum Gasteiger partial charge on any atom is 0.224 e. The van der Waals surface area contributed by atoms with Crippen LogP contribution < -0.4 is 5.32 Å². The average Bonchev–Trinajstić information content (AvgIpc) is 2.41. The van der Waals surface area contributed by atoms with E-state index >= 15 is 0 Å². The van der Waals surface area contributed by atoms with E-state index in [1.807, 2.05) is 24.3 Å². The molecule has 3 aromatic rings. The average molecular weight is 308 g/mol. The summed E-state index contributed by atoms with van der Waals surface area (Å²) in [7, 11) is 0. The molecule has 0 aliphatic rings. The van der Waals surface area contributed by atoms with Gasteiger partial charge in [0.2, 0.25) is 5.28 Å². The number of hydrogen-bond acceptors (Lipinski definition) is 3. The van der Waals surface area contributed by atoms with Crippen LogP contribution in [-0.4, -0.2) is 9.97 Å². The Labute approximate surface area is 124 Å². The lowest BCUT2D eigenvalue weighted by atomic mass is 10.2. The van der Waals surface area contributed by atoms with Crippen molar-refractivity contribution in [2.75, 3.05) is 5.32 Å². The number of nitrogens with zero attached hydrogens (tertiary/aromatic N) is 2. The third kappa shape index (κ3) is 2.53. The smallest absolute Gasteiger partial charge is 0.224 e. The van der Waals surface area contributed by atoms with Crippen LogP contribution in [0.5, 0.6) is 0 Å². The first-order valence-electron chi connectivity index (χ1n) is 5.78. The highest BCUT2D eigenvalue weighted by Gasteiger charge is 2.08. The van der Waals surface area contributed by atoms with E-state index in [4.69, 9.17) is 23.2 Å². The molecule has 0 amide bonds. The number of aromatic nitrogens is 2. The first-order valence-corrected chi connectivity index (χ1v) is 6.53. The fourth-order valence-electron chi connectivity index (χ4n) is 1.86. The number of halogens is 3. The van der Waals surface area contributed by atoms with Crippen LogP contribution in [0.3, 0.4) is 0 Å². The predicted octanol–water partition coefficient (Wildman–Crippen LogP) is 4.82. The molecular weight excluding hydrogens is 300 g/mol. The first-order chi connectivity index (χ1) is 9.63. The summed E-state index contributed by atoms with van der Waals surface area (Å²) in [4.78, 5) is 8.29. The second-order valence-corrected chi connectivity index (χ2v) is 4.85. The van der Waals surface area contributed by atoms with Gasteiger partial charge in [-0.3, -0.25) is 0 Å². The summed E-state index contributed by atoms with van der Waals surface area (Å²) >= 11 is 11.9. The van der Waals surface area contributed by atoms with Crippen molar-refractivity contribution >= 4 is 45.6 Å². The highest BCUT2D eigenvalue weighted by atomic mass is 35.5. The fraction of sp³-hybridized carbons (Fsp3) is 0. The van der Waals surface area contributed by atoms with E-state index < -0.39 is 5.82 Å². The van der Waals surface area contributed by atoms with E-state index in [0.717, 1.165) is 5.39 Å². The molecule has 1 heterocycles. The minimum Gasteiger partial charge on any atom is -0.338 e. The van der Waals surface area contributed by atoms with Crippen molar-refractivity contribution in [1.29, 1.82) is 0 Å². The normalized spacial score (nSPS) is 10.8. The molecule has 1 N–H and O–H groups in total. The van der Waals surface area contributed by atoms with Crippen LogP contribution in [0.4, 0.5) is 15.9 Å². The van der Waals surface area contributed by atoms with Gasteiger partial charge >= 0.3 is 0 Å². The fourth-order valence-corrected chi connectivity index (χ4v) is 2.25. The Morgan fingerprint density at radius 1 is 1.00 bits per heavy atom. The number of rotatable bonds is 2. The van der Waals surface area contributed by atoms with Gasteiger partial charge < -0.3 is 5.32 Å². The summed E-state index contributed by atoms with van der Waals surface area (Å²) in [5, 5.41) is 4.25. The number of hydrogen-bond donors (Lipinski definition) is 1. The van der Waals surface area contributed by atoms with E-state index in [1.54, 1.807) is 6.07 Å². The number of benzene rings is 2. The van der Waals surface area contributed by atoms with E-state index in [2.05, 4.69) is 15.3 Å². The van der Waals surface area contributed by atoms with Crippen LogP contribution in [0.1, 0.15) is 0 Å². The third-order valence-electron chi connectivity index (χ3n) is 2.76. The highest BCUT2D eigenvalue weighted by molar-refractivity contribution is 6.33.